The monoisotopic (exact) mass is 358 g/mol. The Morgan fingerprint density at radius 2 is 1.60 bits per heavy atom. The van der Waals surface area contributed by atoms with E-state index in [0.29, 0.717) is 25.4 Å². The summed E-state index contributed by atoms with van der Waals surface area (Å²) in [6, 6.07) is 2.65. The van der Waals surface area contributed by atoms with Crippen LogP contribution in [0.25, 0.3) is 0 Å². The summed E-state index contributed by atoms with van der Waals surface area (Å²) in [5.41, 5.74) is -1.45. The van der Waals surface area contributed by atoms with Crippen LogP contribution in [0, 0.1) is 17.6 Å². The van der Waals surface area contributed by atoms with Crippen LogP contribution in [0.3, 0.4) is 0 Å². The van der Waals surface area contributed by atoms with Crippen LogP contribution in [0.15, 0.2) is 12.1 Å². The Morgan fingerprint density at radius 3 is 2.16 bits per heavy atom. The van der Waals surface area contributed by atoms with Crippen molar-refractivity contribution in [3.8, 4) is 11.5 Å². The van der Waals surface area contributed by atoms with E-state index in [1.165, 1.54) is 12.1 Å². The summed E-state index contributed by atoms with van der Waals surface area (Å²) in [4.78, 5) is 0. The normalized spacial score (nSPS) is 23.5. The van der Waals surface area contributed by atoms with Crippen LogP contribution >= 0.6 is 0 Å². The van der Waals surface area contributed by atoms with E-state index in [4.69, 9.17) is 9.47 Å². The fourth-order valence-electron chi connectivity index (χ4n) is 3.31. The van der Waals surface area contributed by atoms with Crippen LogP contribution in [0.5, 0.6) is 11.5 Å². The lowest BCUT2D eigenvalue weighted by Gasteiger charge is -2.33. The standard InChI is InChI=1S/C20H29F3O2/c1-3-5-13-24-16-7-8-17(19(22)18(16)21)25-14-20(23)11-9-15(6-4-2)10-12-20/h7-8,15H,3-6,9-14H2,1-2H3. The third-order valence-corrected chi connectivity index (χ3v) is 4.95. The van der Waals surface area contributed by atoms with Crippen molar-refractivity contribution >= 4 is 0 Å². The molecule has 142 valence electrons. The molecule has 0 unspecified atom stereocenters. The van der Waals surface area contributed by atoms with Gasteiger partial charge >= 0.3 is 0 Å². The van der Waals surface area contributed by atoms with Crippen LogP contribution in [0.1, 0.15) is 65.2 Å². The average Bonchev–Trinajstić information content (AvgIpc) is 2.60. The Balaban J connectivity index is 1.91. The number of halogens is 3. The predicted octanol–water partition coefficient (Wildman–Crippen LogP) is 6.22. The zero-order valence-electron chi connectivity index (χ0n) is 15.3. The number of ether oxygens (including phenoxy) is 2. The van der Waals surface area contributed by atoms with E-state index >= 15 is 0 Å². The second-order valence-electron chi connectivity index (χ2n) is 7.06. The van der Waals surface area contributed by atoms with Gasteiger partial charge in [-0.05, 0) is 50.2 Å². The Kier molecular flexibility index (Phi) is 7.45. The minimum absolute atomic E-state index is 0.131. The highest BCUT2D eigenvalue weighted by Crippen LogP contribution is 2.38. The SMILES string of the molecule is CCCCOc1ccc(OCC2(F)CCC(CCC)CC2)c(F)c1F. The second kappa shape index (κ2) is 9.35. The summed E-state index contributed by atoms with van der Waals surface area (Å²) in [6.07, 6.45) is 6.39. The van der Waals surface area contributed by atoms with Crippen LogP contribution < -0.4 is 9.47 Å². The van der Waals surface area contributed by atoms with Crippen molar-refractivity contribution in [3.63, 3.8) is 0 Å². The molecule has 0 heterocycles. The van der Waals surface area contributed by atoms with Gasteiger partial charge in [-0.25, -0.2) is 4.39 Å². The highest BCUT2D eigenvalue weighted by molar-refractivity contribution is 5.35. The molecule has 0 bridgehead atoms. The van der Waals surface area contributed by atoms with Gasteiger partial charge in [0.25, 0.3) is 0 Å². The molecule has 0 aromatic heterocycles. The summed E-state index contributed by atoms with van der Waals surface area (Å²) >= 11 is 0. The molecular formula is C20H29F3O2. The first-order valence-electron chi connectivity index (χ1n) is 9.41. The molecule has 1 fully saturated rings. The van der Waals surface area contributed by atoms with Gasteiger partial charge in [-0.15, -0.1) is 0 Å². The number of rotatable bonds is 9. The van der Waals surface area contributed by atoms with Crippen molar-refractivity contribution in [1.29, 1.82) is 0 Å². The molecule has 0 radical (unpaired) electrons. The number of hydrogen-bond acceptors (Lipinski definition) is 2. The Hall–Kier alpha value is -1.39. The lowest BCUT2D eigenvalue weighted by Crippen LogP contribution is -2.35. The van der Waals surface area contributed by atoms with Crippen molar-refractivity contribution < 1.29 is 22.6 Å². The van der Waals surface area contributed by atoms with Crippen LogP contribution in [0.2, 0.25) is 0 Å². The van der Waals surface area contributed by atoms with Crippen LogP contribution in [-0.2, 0) is 0 Å². The van der Waals surface area contributed by atoms with E-state index in [0.717, 1.165) is 38.5 Å². The van der Waals surface area contributed by atoms with Gasteiger partial charge in [0.15, 0.2) is 11.5 Å². The van der Waals surface area contributed by atoms with Crippen LogP contribution in [-0.4, -0.2) is 18.9 Å². The third kappa shape index (κ3) is 5.55. The Morgan fingerprint density at radius 1 is 1.00 bits per heavy atom. The molecule has 2 rings (SSSR count). The summed E-state index contributed by atoms with van der Waals surface area (Å²) in [7, 11) is 0. The molecule has 0 spiro atoms. The van der Waals surface area contributed by atoms with E-state index in [9.17, 15) is 13.2 Å². The molecule has 0 aliphatic heterocycles. The number of unbranched alkanes of at least 4 members (excludes halogenated alkanes) is 1. The minimum Gasteiger partial charge on any atom is -0.490 e. The number of hydrogen-bond donors (Lipinski definition) is 0. The molecule has 0 N–H and O–H groups in total. The molecule has 1 aliphatic carbocycles. The molecule has 0 atom stereocenters. The second-order valence-corrected chi connectivity index (χ2v) is 7.06. The Bertz CT molecular complexity index is 540. The molecule has 1 aromatic rings. The van der Waals surface area contributed by atoms with E-state index in [2.05, 4.69) is 6.92 Å². The lowest BCUT2D eigenvalue weighted by molar-refractivity contribution is 0.0296. The van der Waals surface area contributed by atoms with Gasteiger partial charge in [-0.1, -0.05) is 33.1 Å². The maximum Gasteiger partial charge on any atom is 0.204 e. The molecule has 1 aromatic carbocycles. The fraction of sp³-hybridized carbons (Fsp3) is 0.700. The molecule has 1 saturated carbocycles. The topological polar surface area (TPSA) is 18.5 Å². The maximum absolute atomic E-state index is 14.8. The number of alkyl halides is 1. The minimum atomic E-state index is -1.45. The van der Waals surface area contributed by atoms with Crippen molar-refractivity contribution in [3.05, 3.63) is 23.8 Å². The summed E-state index contributed by atoms with van der Waals surface area (Å²) in [6.45, 7) is 4.21. The van der Waals surface area contributed by atoms with Crippen molar-refractivity contribution in [1.82, 2.24) is 0 Å². The van der Waals surface area contributed by atoms with Crippen LogP contribution in [0.4, 0.5) is 13.2 Å². The zero-order chi connectivity index (χ0) is 18.3. The van der Waals surface area contributed by atoms with E-state index in [1.54, 1.807) is 0 Å². The van der Waals surface area contributed by atoms with Crippen molar-refractivity contribution in [2.45, 2.75) is 70.9 Å². The summed E-state index contributed by atoms with van der Waals surface area (Å²) < 4.78 is 53.5. The Labute approximate surface area is 148 Å². The molecule has 0 saturated heterocycles. The fourth-order valence-corrected chi connectivity index (χ4v) is 3.31. The highest BCUT2D eigenvalue weighted by Gasteiger charge is 2.36. The molecule has 2 nitrogen and oxygen atoms in total. The highest BCUT2D eigenvalue weighted by atomic mass is 19.2. The summed E-state index contributed by atoms with van der Waals surface area (Å²) in [5, 5.41) is 0. The number of benzene rings is 1. The molecule has 5 heteroatoms. The van der Waals surface area contributed by atoms with Crippen molar-refractivity contribution in [2.75, 3.05) is 13.2 Å². The molecule has 0 amide bonds. The van der Waals surface area contributed by atoms with Crippen molar-refractivity contribution in [2.24, 2.45) is 5.92 Å². The average molecular weight is 358 g/mol. The van der Waals surface area contributed by atoms with Gasteiger partial charge in [-0.2, -0.15) is 8.78 Å². The zero-order valence-corrected chi connectivity index (χ0v) is 15.3. The van der Waals surface area contributed by atoms with Gasteiger partial charge in [0.05, 0.1) is 6.61 Å². The van der Waals surface area contributed by atoms with Gasteiger partial charge in [0, 0.05) is 0 Å². The molecule has 1 aliphatic rings. The molecular weight excluding hydrogens is 329 g/mol. The van der Waals surface area contributed by atoms with E-state index < -0.39 is 17.3 Å². The molecule has 25 heavy (non-hydrogen) atoms. The van der Waals surface area contributed by atoms with Gasteiger partial charge < -0.3 is 9.47 Å². The van der Waals surface area contributed by atoms with E-state index in [1.807, 2.05) is 6.92 Å². The smallest absolute Gasteiger partial charge is 0.204 e. The quantitative estimate of drug-likeness (QED) is 0.488. The lowest BCUT2D eigenvalue weighted by atomic mass is 9.78. The largest absolute Gasteiger partial charge is 0.490 e. The van der Waals surface area contributed by atoms with Gasteiger partial charge in [0.1, 0.15) is 12.3 Å². The first kappa shape index (κ1) is 19.9. The first-order chi connectivity index (χ1) is 12.0. The first-order valence-corrected chi connectivity index (χ1v) is 9.41. The third-order valence-electron chi connectivity index (χ3n) is 4.95. The van der Waals surface area contributed by atoms with E-state index in [-0.39, 0.29) is 18.1 Å². The summed E-state index contributed by atoms with van der Waals surface area (Å²) in [5.74, 6) is -2.01. The predicted molar refractivity (Wildman–Crippen MR) is 93.0 cm³/mol. The van der Waals surface area contributed by atoms with Gasteiger partial charge in [0.2, 0.25) is 11.6 Å². The maximum atomic E-state index is 14.8. The van der Waals surface area contributed by atoms with Gasteiger partial charge in [-0.3, -0.25) is 0 Å².